The molecule has 1 aliphatic carbocycles. The highest BCUT2D eigenvalue weighted by atomic mass is 35.5. The van der Waals surface area contributed by atoms with Crippen LogP contribution in [0.15, 0.2) is 22.5 Å². The molecule has 7 nitrogen and oxygen atoms in total. The molecule has 0 spiro atoms. The molecule has 0 aliphatic heterocycles. The summed E-state index contributed by atoms with van der Waals surface area (Å²) < 4.78 is 5.67. The normalized spacial score (nSPS) is 14.4. The van der Waals surface area contributed by atoms with Crippen LogP contribution in [0.2, 0.25) is 10.0 Å². The summed E-state index contributed by atoms with van der Waals surface area (Å²) in [6.45, 7) is -0.395. The highest BCUT2D eigenvalue weighted by molar-refractivity contribution is 8.01. The van der Waals surface area contributed by atoms with Gasteiger partial charge in [0.1, 0.15) is 0 Å². The van der Waals surface area contributed by atoms with E-state index in [2.05, 4.69) is 20.8 Å². The Balaban J connectivity index is 1.37. The summed E-state index contributed by atoms with van der Waals surface area (Å²) in [7, 11) is 0. The van der Waals surface area contributed by atoms with Crippen LogP contribution in [0.3, 0.4) is 0 Å². The molecule has 0 unspecified atom stereocenters. The molecule has 1 amide bonds. The standard InChI is InChI=1S/C18H20Cl2N4O3S2/c19-11-6-12(20)8-14(7-11)21-15(25)9-27-16(26)10-28-18-24-23-17(29-18)22-13-4-2-1-3-5-13/h6-8,13H,1-5,9-10H2,(H,21,25)(H,22,23). The minimum Gasteiger partial charge on any atom is -0.455 e. The average molecular weight is 475 g/mol. The molecular formula is C18H20Cl2N4O3S2. The van der Waals surface area contributed by atoms with Gasteiger partial charge in [0.2, 0.25) is 5.13 Å². The zero-order chi connectivity index (χ0) is 20.6. The average Bonchev–Trinajstić information content (AvgIpc) is 3.12. The van der Waals surface area contributed by atoms with Gasteiger partial charge in [0.15, 0.2) is 10.9 Å². The number of ether oxygens (including phenoxy) is 1. The highest BCUT2D eigenvalue weighted by Crippen LogP contribution is 2.28. The number of aromatic nitrogens is 2. The van der Waals surface area contributed by atoms with Gasteiger partial charge in [0.25, 0.3) is 5.91 Å². The zero-order valence-electron chi connectivity index (χ0n) is 15.5. The Bertz CT molecular complexity index is 839. The second-order valence-corrected chi connectivity index (χ2v) is 9.58. The monoisotopic (exact) mass is 474 g/mol. The van der Waals surface area contributed by atoms with Crippen LogP contribution in [-0.4, -0.2) is 40.5 Å². The van der Waals surface area contributed by atoms with Crippen LogP contribution < -0.4 is 10.6 Å². The topological polar surface area (TPSA) is 93.2 Å². The molecule has 2 aromatic rings. The molecular weight excluding hydrogens is 455 g/mol. The van der Waals surface area contributed by atoms with Gasteiger partial charge in [-0.3, -0.25) is 9.59 Å². The first-order chi connectivity index (χ1) is 14.0. The van der Waals surface area contributed by atoms with Crippen molar-refractivity contribution < 1.29 is 14.3 Å². The van der Waals surface area contributed by atoms with Crippen molar-refractivity contribution in [2.75, 3.05) is 23.0 Å². The third-order valence-electron chi connectivity index (χ3n) is 4.16. The van der Waals surface area contributed by atoms with E-state index in [1.165, 1.54) is 42.4 Å². The van der Waals surface area contributed by atoms with Gasteiger partial charge >= 0.3 is 5.97 Å². The van der Waals surface area contributed by atoms with E-state index in [9.17, 15) is 9.59 Å². The van der Waals surface area contributed by atoms with Crippen LogP contribution in [-0.2, 0) is 14.3 Å². The number of amides is 1. The molecule has 2 N–H and O–H groups in total. The number of anilines is 2. The lowest BCUT2D eigenvalue weighted by atomic mass is 9.96. The number of nitrogens with one attached hydrogen (secondary N) is 2. The van der Waals surface area contributed by atoms with Gasteiger partial charge in [-0.1, -0.05) is 65.6 Å². The fourth-order valence-electron chi connectivity index (χ4n) is 2.88. The largest absolute Gasteiger partial charge is 0.455 e. The van der Waals surface area contributed by atoms with Crippen molar-refractivity contribution in [3.8, 4) is 0 Å². The van der Waals surface area contributed by atoms with E-state index in [1.807, 2.05) is 0 Å². The van der Waals surface area contributed by atoms with E-state index in [4.69, 9.17) is 27.9 Å². The van der Waals surface area contributed by atoms with Crippen LogP contribution >= 0.6 is 46.3 Å². The summed E-state index contributed by atoms with van der Waals surface area (Å²) in [4.78, 5) is 23.8. The Morgan fingerprint density at radius 1 is 1.14 bits per heavy atom. The third-order valence-corrected chi connectivity index (χ3v) is 6.56. The smallest absolute Gasteiger partial charge is 0.316 e. The third kappa shape index (κ3) is 7.65. The summed E-state index contributed by atoms with van der Waals surface area (Å²) in [5.41, 5.74) is 0.435. The first kappa shape index (κ1) is 22.1. The van der Waals surface area contributed by atoms with Crippen molar-refractivity contribution in [2.24, 2.45) is 0 Å². The maximum atomic E-state index is 11.9. The lowest BCUT2D eigenvalue weighted by Gasteiger charge is -2.21. The van der Waals surface area contributed by atoms with E-state index in [1.54, 1.807) is 18.2 Å². The van der Waals surface area contributed by atoms with Crippen molar-refractivity contribution in [2.45, 2.75) is 42.5 Å². The van der Waals surface area contributed by atoms with E-state index < -0.39 is 18.5 Å². The summed E-state index contributed by atoms with van der Waals surface area (Å²) >= 11 is 14.4. The fourth-order valence-corrected chi connectivity index (χ4v) is 5.03. The van der Waals surface area contributed by atoms with Crippen LogP contribution in [0.5, 0.6) is 0 Å². The maximum absolute atomic E-state index is 11.9. The molecule has 1 aliphatic rings. The number of carbonyl (C=O) groups is 2. The van der Waals surface area contributed by atoms with Gasteiger partial charge in [-0.25, -0.2) is 0 Å². The number of hydrogen-bond donors (Lipinski definition) is 2. The quantitative estimate of drug-likeness (QED) is 0.416. The van der Waals surface area contributed by atoms with Gasteiger partial charge in [-0.2, -0.15) is 0 Å². The van der Waals surface area contributed by atoms with Crippen molar-refractivity contribution >= 4 is 69.0 Å². The predicted octanol–water partition coefficient (Wildman–Crippen LogP) is 4.86. The maximum Gasteiger partial charge on any atom is 0.316 e. The summed E-state index contributed by atoms with van der Waals surface area (Å²) in [6, 6.07) is 5.11. The van der Waals surface area contributed by atoms with Crippen LogP contribution in [0, 0.1) is 0 Å². The Morgan fingerprint density at radius 3 is 2.59 bits per heavy atom. The Labute approximate surface area is 186 Å². The molecule has 1 aromatic heterocycles. The summed E-state index contributed by atoms with van der Waals surface area (Å²) in [6.07, 6.45) is 6.07. The molecule has 156 valence electrons. The molecule has 1 fully saturated rings. The summed E-state index contributed by atoms with van der Waals surface area (Å²) in [5, 5.41) is 15.7. The SMILES string of the molecule is O=C(COC(=O)CSc1nnc(NC2CCCCC2)s1)Nc1cc(Cl)cc(Cl)c1. The number of thioether (sulfide) groups is 1. The minimum absolute atomic E-state index is 0.0499. The number of halogens is 2. The molecule has 1 heterocycles. The number of esters is 1. The second-order valence-electron chi connectivity index (χ2n) is 6.51. The predicted molar refractivity (Wildman–Crippen MR) is 117 cm³/mol. The second kappa shape index (κ2) is 11.0. The number of rotatable bonds is 8. The van der Waals surface area contributed by atoms with Crippen LogP contribution in [0.1, 0.15) is 32.1 Å². The Kier molecular flexibility index (Phi) is 8.40. The molecule has 0 atom stereocenters. The van der Waals surface area contributed by atoms with Gasteiger partial charge in [0, 0.05) is 21.8 Å². The first-order valence-corrected chi connectivity index (χ1v) is 11.7. The fraction of sp³-hybridized carbons (Fsp3) is 0.444. The molecule has 1 saturated carbocycles. The highest BCUT2D eigenvalue weighted by Gasteiger charge is 2.16. The Morgan fingerprint density at radius 2 is 1.86 bits per heavy atom. The molecule has 0 saturated heterocycles. The molecule has 29 heavy (non-hydrogen) atoms. The molecule has 0 bridgehead atoms. The number of benzene rings is 1. The van der Waals surface area contributed by atoms with Crippen LogP contribution in [0.25, 0.3) is 0 Å². The number of nitrogens with zero attached hydrogens (tertiary/aromatic N) is 2. The molecule has 0 radical (unpaired) electrons. The minimum atomic E-state index is -0.508. The van der Waals surface area contributed by atoms with E-state index >= 15 is 0 Å². The lowest BCUT2D eigenvalue weighted by Crippen LogP contribution is -2.21. The number of carbonyl (C=O) groups excluding carboxylic acids is 2. The van der Waals surface area contributed by atoms with Crippen molar-refractivity contribution in [1.82, 2.24) is 10.2 Å². The van der Waals surface area contributed by atoms with Crippen LogP contribution in [0.4, 0.5) is 10.8 Å². The van der Waals surface area contributed by atoms with E-state index in [0.717, 1.165) is 18.0 Å². The van der Waals surface area contributed by atoms with Crippen molar-refractivity contribution in [3.05, 3.63) is 28.2 Å². The lowest BCUT2D eigenvalue weighted by molar-refractivity contribution is -0.144. The van der Waals surface area contributed by atoms with Gasteiger partial charge in [0.05, 0.1) is 5.75 Å². The van der Waals surface area contributed by atoms with Gasteiger partial charge < -0.3 is 15.4 Å². The van der Waals surface area contributed by atoms with Gasteiger partial charge in [-0.15, -0.1) is 10.2 Å². The Hall–Kier alpha value is -1.55. The summed E-state index contributed by atoms with van der Waals surface area (Å²) in [5.74, 6) is -0.934. The van der Waals surface area contributed by atoms with Crippen molar-refractivity contribution in [1.29, 1.82) is 0 Å². The molecule has 3 rings (SSSR count). The first-order valence-electron chi connectivity index (χ1n) is 9.12. The molecule has 11 heteroatoms. The van der Waals surface area contributed by atoms with E-state index in [-0.39, 0.29) is 5.75 Å². The van der Waals surface area contributed by atoms with Gasteiger partial charge in [-0.05, 0) is 31.0 Å². The number of hydrogen-bond acceptors (Lipinski definition) is 8. The van der Waals surface area contributed by atoms with Crippen molar-refractivity contribution in [3.63, 3.8) is 0 Å². The molecule has 1 aromatic carbocycles. The van der Waals surface area contributed by atoms with E-state index in [0.29, 0.717) is 26.1 Å². The zero-order valence-corrected chi connectivity index (χ0v) is 18.6.